The van der Waals surface area contributed by atoms with Gasteiger partial charge in [0.15, 0.2) is 5.82 Å². The molecule has 0 spiro atoms. The first-order valence-electron chi connectivity index (χ1n) is 11.4. The quantitative estimate of drug-likeness (QED) is 0.356. The van der Waals surface area contributed by atoms with E-state index in [0.29, 0.717) is 11.2 Å². The first-order chi connectivity index (χ1) is 17.2. The molecule has 7 heteroatoms. The molecule has 0 saturated heterocycles. The van der Waals surface area contributed by atoms with Crippen LogP contribution in [0.15, 0.2) is 103 Å². The summed E-state index contributed by atoms with van der Waals surface area (Å²) in [6, 6.07) is 23.3. The van der Waals surface area contributed by atoms with E-state index >= 15 is 0 Å². The smallest absolute Gasteiger partial charge is 0.263 e. The summed E-state index contributed by atoms with van der Waals surface area (Å²) in [5, 5.41) is 5.03. The molecule has 0 saturated carbocycles. The van der Waals surface area contributed by atoms with Crippen LogP contribution in [0.3, 0.4) is 0 Å². The van der Waals surface area contributed by atoms with Crippen LogP contribution >= 0.6 is 0 Å². The largest absolute Gasteiger partial charge is 0.360 e. The Morgan fingerprint density at radius 1 is 0.914 bits per heavy atom. The number of hydrogen-bond acceptors (Lipinski definition) is 5. The van der Waals surface area contributed by atoms with E-state index in [1.54, 1.807) is 29.5 Å². The van der Waals surface area contributed by atoms with Crippen LogP contribution in [0.1, 0.15) is 18.7 Å². The zero-order valence-corrected chi connectivity index (χ0v) is 19.0. The molecule has 170 valence electrons. The first kappa shape index (κ1) is 20.8. The Morgan fingerprint density at radius 2 is 1.74 bits per heavy atom. The Bertz CT molecular complexity index is 1710. The zero-order valence-electron chi connectivity index (χ0n) is 19.0. The minimum absolute atomic E-state index is 0.0734. The number of pyridine rings is 3. The molecular weight excluding hydrogens is 436 g/mol. The normalized spacial score (nSPS) is 12.1. The van der Waals surface area contributed by atoms with Gasteiger partial charge in [-0.05, 0) is 59.8 Å². The molecule has 4 heterocycles. The summed E-state index contributed by atoms with van der Waals surface area (Å²) in [6.07, 6.45) is 6.87. The summed E-state index contributed by atoms with van der Waals surface area (Å²) in [5.74, 6) is 0.661. The van der Waals surface area contributed by atoms with E-state index in [1.165, 1.54) is 0 Å². The lowest BCUT2D eigenvalue weighted by Gasteiger charge is -2.22. The lowest BCUT2D eigenvalue weighted by Crippen LogP contribution is -2.26. The van der Waals surface area contributed by atoms with Crippen molar-refractivity contribution in [2.45, 2.75) is 13.0 Å². The summed E-state index contributed by atoms with van der Waals surface area (Å²) in [7, 11) is 0. The van der Waals surface area contributed by atoms with Crippen molar-refractivity contribution in [1.82, 2.24) is 24.5 Å². The third-order valence-corrected chi connectivity index (χ3v) is 6.22. The fourth-order valence-electron chi connectivity index (χ4n) is 4.57. The highest BCUT2D eigenvalue weighted by Crippen LogP contribution is 2.30. The number of imidazole rings is 1. The minimum Gasteiger partial charge on any atom is -0.360 e. The lowest BCUT2D eigenvalue weighted by atomic mass is 9.98. The third kappa shape index (κ3) is 3.63. The van der Waals surface area contributed by atoms with Crippen molar-refractivity contribution >= 4 is 27.6 Å². The zero-order chi connectivity index (χ0) is 23.8. The number of anilines is 1. The van der Waals surface area contributed by atoms with Crippen LogP contribution in [-0.2, 0) is 0 Å². The molecule has 6 rings (SSSR count). The molecule has 0 aliphatic rings. The van der Waals surface area contributed by atoms with Gasteiger partial charge < -0.3 is 10.3 Å². The Kier molecular flexibility index (Phi) is 5.07. The molecule has 1 atom stereocenters. The summed E-state index contributed by atoms with van der Waals surface area (Å²) < 4.78 is 1.79. The molecule has 0 aliphatic heterocycles. The van der Waals surface area contributed by atoms with Crippen LogP contribution in [-0.4, -0.2) is 24.5 Å². The molecule has 7 nitrogen and oxygen atoms in total. The van der Waals surface area contributed by atoms with Gasteiger partial charge in [-0.3, -0.25) is 14.3 Å². The maximum atomic E-state index is 14.2. The molecule has 4 aromatic heterocycles. The second-order valence-corrected chi connectivity index (χ2v) is 8.38. The predicted octanol–water partition coefficient (Wildman–Crippen LogP) is 5.50. The molecule has 0 unspecified atom stereocenters. The number of benzene rings is 2. The molecule has 6 aromatic rings. The van der Waals surface area contributed by atoms with Gasteiger partial charge in [0.05, 0.1) is 23.3 Å². The second-order valence-electron chi connectivity index (χ2n) is 8.38. The number of hydrogen-bond donors (Lipinski definition) is 2. The van der Waals surface area contributed by atoms with Crippen LogP contribution in [0.2, 0.25) is 0 Å². The van der Waals surface area contributed by atoms with Crippen molar-refractivity contribution < 1.29 is 0 Å². The van der Waals surface area contributed by atoms with Crippen molar-refractivity contribution in [3.63, 3.8) is 0 Å². The SMILES string of the molecule is C[C@@H](Nc1nccc2[nH]cnc12)c1cc2cccc(-c3ccncc3)c2c(=O)n1-c1ccccc1. The molecule has 2 N–H and O–H groups in total. The number of aromatic nitrogens is 5. The van der Waals surface area contributed by atoms with Gasteiger partial charge in [0.25, 0.3) is 5.56 Å². The van der Waals surface area contributed by atoms with E-state index < -0.39 is 0 Å². The Hall–Kier alpha value is -4.78. The van der Waals surface area contributed by atoms with E-state index in [1.807, 2.05) is 73.7 Å². The fourth-order valence-corrected chi connectivity index (χ4v) is 4.57. The monoisotopic (exact) mass is 458 g/mol. The standard InChI is InChI=1S/C28H22N6O/c1-18(33-27-26-23(12-15-30-27)31-17-32-26)24-16-20-6-5-9-22(19-10-13-29-14-11-19)25(20)28(35)34(24)21-7-3-2-4-8-21/h2-18H,1H3,(H,30,33)(H,31,32)/t18-/m1/s1. The Labute approximate surface area is 201 Å². The van der Waals surface area contributed by atoms with Gasteiger partial charge in [-0.15, -0.1) is 0 Å². The van der Waals surface area contributed by atoms with Gasteiger partial charge in [0.2, 0.25) is 0 Å². The number of rotatable bonds is 5. The molecule has 0 fully saturated rings. The van der Waals surface area contributed by atoms with E-state index in [9.17, 15) is 4.79 Å². The van der Waals surface area contributed by atoms with Crippen molar-refractivity contribution in [2.24, 2.45) is 0 Å². The van der Waals surface area contributed by atoms with E-state index in [2.05, 4.69) is 31.3 Å². The lowest BCUT2D eigenvalue weighted by molar-refractivity contribution is 0.774. The molecule has 0 bridgehead atoms. The highest BCUT2D eigenvalue weighted by atomic mass is 16.1. The third-order valence-electron chi connectivity index (χ3n) is 6.22. The highest BCUT2D eigenvalue weighted by molar-refractivity contribution is 5.96. The molecule has 0 amide bonds. The summed E-state index contributed by atoms with van der Waals surface area (Å²) >= 11 is 0. The van der Waals surface area contributed by atoms with Crippen LogP contribution in [0, 0.1) is 0 Å². The Balaban J connectivity index is 1.58. The summed E-state index contributed by atoms with van der Waals surface area (Å²) in [5.41, 5.74) is 5.05. The topological polar surface area (TPSA) is 88.5 Å². The van der Waals surface area contributed by atoms with Gasteiger partial charge in [-0.1, -0.05) is 36.4 Å². The Morgan fingerprint density at radius 3 is 2.57 bits per heavy atom. The number of fused-ring (bicyclic) bond motifs is 2. The fraction of sp³-hybridized carbons (Fsp3) is 0.0714. The molecule has 0 aliphatic carbocycles. The first-order valence-corrected chi connectivity index (χ1v) is 11.4. The molecule has 0 radical (unpaired) electrons. The van der Waals surface area contributed by atoms with Gasteiger partial charge in [-0.2, -0.15) is 0 Å². The van der Waals surface area contributed by atoms with E-state index in [4.69, 9.17) is 0 Å². The number of nitrogens with zero attached hydrogens (tertiary/aromatic N) is 4. The van der Waals surface area contributed by atoms with Crippen LogP contribution in [0.25, 0.3) is 38.6 Å². The van der Waals surface area contributed by atoms with Crippen molar-refractivity contribution in [2.75, 3.05) is 5.32 Å². The summed E-state index contributed by atoms with van der Waals surface area (Å²) in [6.45, 7) is 2.03. The number of aromatic amines is 1. The van der Waals surface area contributed by atoms with Crippen molar-refractivity contribution in [1.29, 1.82) is 0 Å². The van der Waals surface area contributed by atoms with Crippen LogP contribution < -0.4 is 10.9 Å². The van der Waals surface area contributed by atoms with Gasteiger partial charge in [0.1, 0.15) is 5.52 Å². The van der Waals surface area contributed by atoms with Crippen molar-refractivity contribution in [3.8, 4) is 16.8 Å². The maximum Gasteiger partial charge on any atom is 0.263 e. The molecule has 35 heavy (non-hydrogen) atoms. The minimum atomic E-state index is -0.230. The maximum absolute atomic E-state index is 14.2. The molecule has 2 aromatic carbocycles. The van der Waals surface area contributed by atoms with Crippen LogP contribution in [0.5, 0.6) is 0 Å². The summed E-state index contributed by atoms with van der Waals surface area (Å²) in [4.78, 5) is 30.3. The number of nitrogens with one attached hydrogen (secondary N) is 2. The average molecular weight is 459 g/mol. The number of H-pyrrole nitrogens is 1. The van der Waals surface area contributed by atoms with Gasteiger partial charge in [0, 0.05) is 30.0 Å². The predicted molar refractivity (Wildman–Crippen MR) is 139 cm³/mol. The van der Waals surface area contributed by atoms with Crippen LogP contribution in [0.4, 0.5) is 5.82 Å². The second kappa shape index (κ2) is 8.53. The average Bonchev–Trinajstić information content (AvgIpc) is 3.39. The van der Waals surface area contributed by atoms with E-state index in [0.717, 1.165) is 38.9 Å². The molecular formula is C28H22N6O. The van der Waals surface area contributed by atoms with Gasteiger partial charge >= 0.3 is 0 Å². The van der Waals surface area contributed by atoms with Gasteiger partial charge in [-0.25, -0.2) is 9.97 Å². The van der Waals surface area contributed by atoms with Crippen molar-refractivity contribution in [3.05, 3.63) is 114 Å². The number of para-hydroxylation sites is 1. The highest BCUT2D eigenvalue weighted by Gasteiger charge is 2.19. The van der Waals surface area contributed by atoms with E-state index in [-0.39, 0.29) is 11.6 Å².